The highest BCUT2D eigenvalue weighted by molar-refractivity contribution is 5.49. The molecule has 6 heteroatoms. The van der Waals surface area contributed by atoms with Crippen molar-refractivity contribution in [3.05, 3.63) is 18.2 Å². The number of aliphatic hydroxyl groups is 2. The number of benzene rings is 1. The Morgan fingerprint density at radius 2 is 1.68 bits per heavy atom. The fourth-order valence-electron chi connectivity index (χ4n) is 1.82. The SMILES string of the molecule is CC(C)(Oc1cccc(O)c1O)N(CCO)CCO. The van der Waals surface area contributed by atoms with Crippen LogP contribution in [0.5, 0.6) is 17.2 Å². The first-order valence-electron chi connectivity index (χ1n) is 6.09. The van der Waals surface area contributed by atoms with Crippen LogP contribution in [0.15, 0.2) is 18.2 Å². The minimum atomic E-state index is -0.850. The topological polar surface area (TPSA) is 93.4 Å². The number of aliphatic hydroxyl groups excluding tert-OH is 2. The van der Waals surface area contributed by atoms with E-state index in [4.69, 9.17) is 14.9 Å². The van der Waals surface area contributed by atoms with Crippen LogP contribution in [0.25, 0.3) is 0 Å². The summed E-state index contributed by atoms with van der Waals surface area (Å²) in [7, 11) is 0. The molecule has 19 heavy (non-hydrogen) atoms. The summed E-state index contributed by atoms with van der Waals surface area (Å²) in [6.45, 7) is 4.02. The summed E-state index contributed by atoms with van der Waals surface area (Å²) >= 11 is 0. The number of hydrogen-bond acceptors (Lipinski definition) is 6. The van der Waals surface area contributed by atoms with Gasteiger partial charge < -0.3 is 25.2 Å². The smallest absolute Gasteiger partial charge is 0.200 e. The Bertz CT molecular complexity index is 402. The van der Waals surface area contributed by atoms with Crippen LogP contribution in [0.4, 0.5) is 0 Å². The van der Waals surface area contributed by atoms with Crippen molar-refractivity contribution in [2.75, 3.05) is 26.3 Å². The van der Waals surface area contributed by atoms with Gasteiger partial charge in [-0.05, 0) is 26.0 Å². The summed E-state index contributed by atoms with van der Waals surface area (Å²) in [6, 6.07) is 4.45. The molecular weight excluding hydrogens is 250 g/mol. The largest absolute Gasteiger partial charge is 0.504 e. The Hall–Kier alpha value is -1.50. The lowest BCUT2D eigenvalue weighted by Crippen LogP contribution is -2.50. The van der Waals surface area contributed by atoms with Gasteiger partial charge in [0.2, 0.25) is 5.75 Å². The molecule has 0 aliphatic heterocycles. The van der Waals surface area contributed by atoms with Crippen LogP contribution in [-0.2, 0) is 0 Å². The van der Waals surface area contributed by atoms with Crippen molar-refractivity contribution < 1.29 is 25.2 Å². The number of rotatable bonds is 7. The number of ether oxygens (including phenoxy) is 1. The lowest BCUT2D eigenvalue weighted by molar-refractivity contribution is -0.0690. The molecule has 6 nitrogen and oxygen atoms in total. The van der Waals surface area contributed by atoms with Crippen LogP contribution in [-0.4, -0.2) is 57.4 Å². The number of para-hydroxylation sites is 1. The van der Waals surface area contributed by atoms with Gasteiger partial charge in [-0.2, -0.15) is 0 Å². The molecule has 0 fully saturated rings. The van der Waals surface area contributed by atoms with Gasteiger partial charge in [-0.15, -0.1) is 0 Å². The summed E-state index contributed by atoms with van der Waals surface area (Å²) in [5.74, 6) is -0.446. The zero-order valence-electron chi connectivity index (χ0n) is 11.2. The molecule has 0 saturated heterocycles. The van der Waals surface area contributed by atoms with E-state index in [1.54, 1.807) is 24.8 Å². The number of aromatic hydroxyl groups is 2. The summed E-state index contributed by atoms with van der Waals surface area (Å²) in [6.07, 6.45) is 0. The predicted molar refractivity (Wildman–Crippen MR) is 70.2 cm³/mol. The van der Waals surface area contributed by atoms with Gasteiger partial charge in [0.15, 0.2) is 17.2 Å². The number of phenols is 2. The zero-order chi connectivity index (χ0) is 14.5. The molecule has 0 spiro atoms. The van der Waals surface area contributed by atoms with Gasteiger partial charge in [0.05, 0.1) is 13.2 Å². The molecule has 0 aliphatic carbocycles. The van der Waals surface area contributed by atoms with Gasteiger partial charge >= 0.3 is 0 Å². The first-order chi connectivity index (χ1) is 8.92. The van der Waals surface area contributed by atoms with E-state index in [-0.39, 0.29) is 30.5 Å². The normalized spacial score (nSPS) is 11.8. The van der Waals surface area contributed by atoms with Crippen molar-refractivity contribution in [2.24, 2.45) is 0 Å². The van der Waals surface area contributed by atoms with Gasteiger partial charge in [-0.3, -0.25) is 4.90 Å². The van der Waals surface area contributed by atoms with Crippen molar-refractivity contribution in [1.82, 2.24) is 4.90 Å². The maximum Gasteiger partial charge on any atom is 0.200 e. The van der Waals surface area contributed by atoms with Crippen LogP contribution in [0, 0.1) is 0 Å². The molecule has 0 saturated carbocycles. The second-order valence-electron chi connectivity index (χ2n) is 4.61. The van der Waals surface area contributed by atoms with E-state index in [9.17, 15) is 10.2 Å². The molecule has 1 rings (SSSR count). The Labute approximate surface area is 112 Å². The molecule has 0 heterocycles. The molecule has 0 aromatic heterocycles. The van der Waals surface area contributed by atoms with E-state index in [1.165, 1.54) is 12.1 Å². The highest BCUT2D eigenvalue weighted by atomic mass is 16.5. The standard InChI is InChI=1S/C13H21NO5/c1-13(2,14(6-8-15)7-9-16)19-11-5-3-4-10(17)12(11)18/h3-5,15-18H,6-9H2,1-2H3. The number of phenolic OH excluding ortho intramolecular Hbond substituents is 2. The quantitative estimate of drug-likeness (QED) is 0.426. The van der Waals surface area contributed by atoms with Crippen molar-refractivity contribution >= 4 is 0 Å². The van der Waals surface area contributed by atoms with Crippen LogP contribution in [0.3, 0.4) is 0 Å². The predicted octanol–water partition coefficient (Wildman–Crippen LogP) is 0.499. The Kier molecular flexibility index (Phi) is 5.41. The monoisotopic (exact) mass is 271 g/mol. The van der Waals surface area contributed by atoms with Crippen molar-refractivity contribution in [1.29, 1.82) is 0 Å². The summed E-state index contributed by atoms with van der Waals surface area (Å²) < 4.78 is 5.67. The first-order valence-corrected chi connectivity index (χ1v) is 6.09. The first kappa shape index (κ1) is 15.6. The Balaban J connectivity index is 2.90. The third-order valence-corrected chi connectivity index (χ3v) is 2.84. The maximum absolute atomic E-state index is 9.71. The third-order valence-electron chi connectivity index (χ3n) is 2.84. The Morgan fingerprint density at radius 3 is 2.21 bits per heavy atom. The second kappa shape index (κ2) is 6.60. The van der Waals surface area contributed by atoms with Gasteiger partial charge in [0, 0.05) is 13.1 Å². The van der Waals surface area contributed by atoms with E-state index in [1.807, 2.05) is 0 Å². The fourth-order valence-corrected chi connectivity index (χ4v) is 1.82. The van der Waals surface area contributed by atoms with Crippen molar-refractivity contribution in [2.45, 2.75) is 19.6 Å². The molecule has 1 aromatic rings. The lowest BCUT2D eigenvalue weighted by Gasteiger charge is -2.38. The minimum Gasteiger partial charge on any atom is -0.504 e. The second-order valence-corrected chi connectivity index (χ2v) is 4.61. The summed E-state index contributed by atoms with van der Waals surface area (Å²) in [5.41, 5.74) is -0.850. The molecule has 108 valence electrons. The summed E-state index contributed by atoms with van der Waals surface area (Å²) in [4.78, 5) is 1.73. The van der Waals surface area contributed by atoms with Crippen molar-refractivity contribution in [3.8, 4) is 17.2 Å². The fraction of sp³-hybridized carbons (Fsp3) is 0.538. The average Bonchev–Trinajstić information content (AvgIpc) is 2.34. The third kappa shape index (κ3) is 3.99. The molecule has 0 amide bonds. The molecule has 0 bridgehead atoms. The molecular formula is C13H21NO5. The van der Waals surface area contributed by atoms with Crippen LogP contribution in [0.2, 0.25) is 0 Å². The van der Waals surface area contributed by atoms with Gasteiger partial charge in [0.25, 0.3) is 0 Å². The molecule has 0 radical (unpaired) electrons. The molecule has 0 unspecified atom stereocenters. The van der Waals surface area contributed by atoms with Crippen LogP contribution < -0.4 is 4.74 Å². The number of nitrogens with zero attached hydrogens (tertiary/aromatic N) is 1. The van der Waals surface area contributed by atoms with Crippen molar-refractivity contribution in [3.63, 3.8) is 0 Å². The highest BCUT2D eigenvalue weighted by Crippen LogP contribution is 2.37. The highest BCUT2D eigenvalue weighted by Gasteiger charge is 2.29. The Morgan fingerprint density at radius 1 is 1.11 bits per heavy atom. The van der Waals surface area contributed by atoms with Gasteiger partial charge in [-0.25, -0.2) is 0 Å². The van der Waals surface area contributed by atoms with Crippen LogP contribution >= 0.6 is 0 Å². The summed E-state index contributed by atoms with van der Waals surface area (Å²) in [5, 5.41) is 37.2. The van der Waals surface area contributed by atoms with Gasteiger partial charge in [0.1, 0.15) is 0 Å². The minimum absolute atomic E-state index is 0.0706. The van der Waals surface area contributed by atoms with Crippen LogP contribution in [0.1, 0.15) is 13.8 Å². The molecule has 1 aromatic carbocycles. The molecule has 4 N–H and O–H groups in total. The number of hydrogen-bond donors (Lipinski definition) is 4. The molecule has 0 atom stereocenters. The van der Waals surface area contributed by atoms with Gasteiger partial charge in [-0.1, -0.05) is 6.07 Å². The van der Waals surface area contributed by atoms with E-state index < -0.39 is 5.72 Å². The van der Waals surface area contributed by atoms with E-state index in [0.717, 1.165) is 0 Å². The average molecular weight is 271 g/mol. The lowest BCUT2D eigenvalue weighted by atomic mass is 10.2. The van der Waals surface area contributed by atoms with E-state index >= 15 is 0 Å². The maximum atomic E-state index is 9.71. The zero-order valence-corrected chi connectivity index (χ0v) is 11.2. The van der Waals surface area contributed by atoms with E-state index in [2.05, 4.69) is 0 Å². The van der Waals surface area contributed by atoms with E-state index in [0.29, 0.717) is 13.1 Å². The molecule has 0 aliphatic rings.